The predicted molar refractivity (Wildman–Crippen MR) is 101 cm³/mol. The van der Waals surface area contributed by atoms with E-state index in [1.807, 2.05) is 6.92 Å². The minimum absolute atomic E-state index is 0.0998. The number of hydrogen-bond donors (Lipinski definition) is 0. The van der Waals surface area contributed by atoms with Gasteiger partial charge in [0.1, 0.15) is 17.0 Å². The van der Waals surface area contributed by atoms with E-state index in [2.05, 4.69) is 54.1 Å². The monoisotopic (exact) mass is 351 g/mol. The van der Waals surface area contributed by atoms with Crippen LogP contribution in [0.3, 0.4) is 0 Å². The first-order chi connectivity index (χ1) is 12.5. The van der Waals surface area contributed by atoms with Crippen LogP contribution in [-0.4, -0.2) is 21.2 Å². The topological polar surface area (TPSA) is 61.0 Å². The molecule has 3 aromatic rings. The summed E-state index contributed by atoms with van der Waals surface area (Å²) in [6, 6.07) is 6.29. The maximum atomic E-state index is 6.10. The van der Waals surface area contributed by atoms with E-state index in [0.717, 1.165) is 29.2 Å². The maximum Gasteiger partial charge on any atom is 0.265 e. The molecule has 2 aromatic heterocycles. The number of aryl methyl sites for hydroxylation is 3. The number of nitrogens with zero attached hydrogens (tertiary/aromatic N) is 3. The average molecular weight is 351 g/mol. The number of fused-ring (bicyclic) bond motifs is 1. The Morgan fingerprint density at radius 3 is 2.73 bits per heavy atom. The van der Waals surface area contributed by atoms with E-state index < -0.39 is 0 Å². The van der Waals surface area contributed by atoms with Crippen LogP contribution in [0.1, 0.15) is 49.6 Å². The van der Waals surface area contributed by atoms with Crippen molar-refractivity contribution in [3.05, 3.63) is 35.2 Å². The number of aromatic nitrogens is 3. The largest absolute Gasteiger partial charge is 0.472 e. The van der Waals surface area contributed by atoms with Gasteiger partial charge in [0.25, 0.3) is 5.88 Å². The summed E-state index contributed by atoms with van der Waals surface area (Å²) in [5.74, 6) is 2.06. The lowest BCUT2D eigenvalue weighted by molar-refractivity contribution is 0.195. The lowest BCUT2D eigenvalue weighted by Crippen LogP contribution is -2.13. The van der Waals surface area contributed by atoms with Crippen LogP contribution in [0, 0.1) is 26.7 Å². The first kappa shape index (κ1) is 17.0. The van der Waals surface area contributed by atoms with Crippen molar-refractivity contribution in [1.82, 2.24) is 15.1 Å². The highest BCUT2D eigenvalue weighted by molar-refractivity contribution is 5.91. The highest BCUT2D eigenvalue weighted by Crippen LogP contribution is 2.36. The molecular formula is C21H25N3O2. The van der Waals surface area contributed by atoms with Crippen LogP contribution >= 0.6 is 0 Å². The Labute approximate surface area is 153 Å². The van der Waals surface area contributed by atoms with Gasteiger partial charge < -0.3 is 9.26 Å². The molecule has 26 heavy (non-hydrogen) atoms. The summed E-state index contributed by atoms with van der Waals surface area (Å²) in [6.07, 6.45) is 5.09. The Kier molecular flexibility index (Phi) is 4.39. The molecule has 0 bridgehead atoms. The molecule has 5 heteroatoms. The second-order valence-electron chi connectivity index (χ2n) is 7.55. The molecule has 1 aliphatic rings. The Hall–Kier alpha value is -2.43. The third-order valence-corrected chi connectivity index (χ3v) is 5.03. The van der Waals surface area contributed by atoms with Crippen molar-refractivity contribution in [3.63, 3.8) is 0 Å². The van der Waals surface area contributed by atoms with Crippen LogP contribution in [-0.2, 0) is 0 Å². The number of ether oxygens (including phenoxy) is 1. The van der Waals surface area contributed by atoms with Crippen molar-refractivity contribution in [2.45, 2.75) is 59.5 Å². The van der Waals surface area contributed by atoms with Gasteiger partial charge in [-0.05, 0) is 52.0 Å². The maximum absolute atomic E-state index is 6.10. The van der Waals surface area contributed by atoms with Crippen LogP contribution in [0.25, 0.3) is 22.4 Å². The van der Waals surface area contributed by atoms with Crippen LogP contribution in [0.2, 0.25) is 0 Å². The first-order valence-electron chi connectivity index (χ1n) is 9.39. The molecule has 0 spiro atoms. The van der Waals surface area contributed by atoms with E-state index in [0.29, 0.717) is 22.8 Å². The molecule has 0 aliphatic heterocycles. The van der Waals surface area contributed by atoms with Gasteiger partial charge in [0.05, 0.1) is 6.10 Å². The predicted octanol–water partition coefficient (Wildman–Crippen LogP) is 5.17. The Balaban J connectivity index is 1.68. The van der Waals surface area contributed by atoms with Gasteiger partial charge in [-0.25, -0.2) is 4.98 Å². The zero-order chi connectivity index (χ0) is 18.3. The Morgan fingerprint density at radius 2 is 2.00 bits per heavy atom. The molecule has 4 rings (SSSR count). The second-order valence-corrected chi connectivity index (χ2v) is 7.55. The summed E-state index contributed by atoms with van der Waals surface area (Å²) in [5.41, 5.74) is 5.39. The molecule has 1 aliphatic carbocycles. The number of benzene rings is 1. The van der Waals surface area contributed by atoms with Gasteiger partial charge in [-0.1, -0.05) is 41.8 Å². The fraction of sp³-hybridized carbons (Fsp3) is 0.476. The van der Waals surface area contributed by atoms with E-state index in [-0.39, 0.29) is 6.10 Å². The smallest absolute Gasteiger partial charge is 0.265 e. The van der Waals surface area contributed by atoms with Gasteiger partial charge in [0.15, 0.2) is 0 Å². The van der Waals surface area contributed by atoms with Crippen molar-refractivity contribution < 1.29 is 9.26 Å². The van der Waals surface area contributed by atoms with Gasteiger partial charge in [-0.2, -0.15) is 4.98 Å². The van der Waals surface area contributed by atoms with Gasteiger partial charge in [0, 0.05) is 5.56 Å². The molecule has 0 amide bonds. The molecular weight excluding hydrogens is 326 g/mol. The standard InChI is InChI=1S/C21H25N3O2/c1-12-5-10-17(13(2)11-12)18-19-20(26-24-18)21(23-15(4)22-19)25-14(3)6-7-16-8-9-16/h5,10-11,14,16H,6-9H2,1-4H3. The first-order valence-corrected chi connectivity index (χ1v) is 9.39. The van der Waals surface area contributed by atoms with E-state index in [1.165, 1.54) is 24.8 Å². The lowest BCUT2D eigenvalue weighted by Gasteiger charge is -2.13. The average Bonchev–Trinajstić information content (AvgIpc) is 3.32. The van der Waals surface area contributed by atoms with E-state index in [9.17, 15) is 0 Å². The molecule has 1 atom stereocenters. The Bertz CT molecular complexity index is 944. The van der Waals surface area contributed by atoms with E-state index in [4.69, 9.17) is 9.26 Å². The normalized spacial score (nSPS) is 15.4. The lowest BCUT2D eigenvalue weighted by atomic mass is 10.0. The molecule has 0 saturated heterocycles. The summed E-state index contributed by atoms with van der Waals surface area (Å²) in [7, 11) is 0. The van der Waals surface area contributed by atoms with Crippen molar-refractivity contribution in [3.8, 4) is 17.1 Å². The molecule has 1 unspecified atom stereocenters. The fourth-order valence-electron chi connectivity index (χ4n) is 3.38. The summed E-state index contributed by atoms with van der Waals surface area (Å²) >= 11 is 0. The molecule has 2 heterocycles. The van der Waals surface area contributed by atoms with Gasteiger partial charge >= 0.3 is 0 Å². The highest BCUT2D eigenvalue weighted by Gasteiger charge is 2.24. The van der Waals surface area contributed by atoms with Crippen molar-refractivity contribution in [2.75, 3.05) is 0 Å². The minimum atomic E-state index is 0.0998. The second kappa shape index (κ2) is 6.71. The molecule has 0 radical (unpaired) electrons. The highest BCUT2D eigenvalue weighted by atomic mass is 16.5. The van der Waals surface area contributed by atoms with Crippen molar-refractivity contribution in [1.29, 1.82) is 0 Å². The fourth-order valence-corrected chi connectivity index (χ4v) is 3.38. The van der Waals surface area contributed by atoms with Crippen molar-refractivity contribution >= 4 is 11.1 Å². The summed E-state index contributed by atoms with van der Waals surface area (Å²) in [6.45, 7) is 8.13. The van der Waals surface area contributed by atoms with Crippen LogP contribution in [0.15, 0.2) is 22.7 Å². The molecule has 5 nitrogen and oxygen atoms in total. The minimum Gasteiger partial charge on any atom is -0.472 e. The zero-order valence-electron chi connectivity index (χ0n) is 15.9. The quantitative estimate of drug-likeness (QED) is 0.613. The number of rotatable bonds is 6. The summed E-state index contributed by atoms with van der Waals surface area (Å²) < 4.78 is 11.7. The molecule has 1 saturated carbocycles. The van der Waals surface area contributed by atoms with Crippen LogP contribution < -0.4 is 4.74 Å². The zero-order valence-corrected chi connectivity index (χ0v) is 15.9. The third-order valence-electron chi connectivity index (χ3n) is 5.03. The SMILES string of the molecule is Cc1ccc(-c2noc3c(OC(C)CCC4CC4)nc(C)nc23)c(C)c1. The molecule has 0 N–H and O–H groups in total. The number of hydrogen-bond acceptors (Lipinski definition) is 5. The van der Waals surface area contributed by atoms with Gasteiger partial charge in [-0.3, -0.25) is 0 Å². The summed E-state index contributed by atoms with van der Waals surface area (Å²) in [4.78, 5) is 9.04. The van der Waals surface area contributed by atoms with Gasteiger partial charge in [-0.15, -0.1) is 0 Å². The van der Waals surface area contributed by atoms with Gasteiger partial charge in [0.2, 0.25) is 5.58 Å². The van der Waals surface area contributed by atoms with E-state index >= 15 is 0 Å². The van der Waals surface area contributed by atoms with E-state index in [1.54, 1.807) is 0 Å². The van der Waals surface area contributed by atoms with Crippen molar-refractivity contribution in [2.24, 2.45) is 5.92 Å². The Morgan fingerprint density at radius 1 is 1.19 bits per heavy atom. The summed E-state index contributed by atoms with van der Waals surface area (Å²) in [5, 5.41) is 4.29. The van der Waals surface area contributed by atoms with Crippen LogP contribution in [0.5, 0.6) is 5.88 Å². The van der Waals surface area contributed by atoms with Crippen LogP contribution in [0.4, 0.5) is 0 Å². The molecule has 136 valence electrons. The third kappa shape index (κ3) is 3.43. The molecule has 1 aromatic carbocycles. The molecule has 1 fully saturated rings.